The zero-order chi connectivity index (χ0) is 13.9. The summed E-state index contributed by atoms with van der Waals surface area (Å²) in [6.07, 6.45) is 5.54. The first kappa shape index (κ1) is 16.6. The lowest BCUT2D eigenvalue weighted by atomic mass is 9.89. The molecule has 3 nitrogen and oxygen atoms in total. The maximum atomic E-state index is 12.0. The lowest BCUT2D eigenvalue weighted by Gasteiger charge is -2.28. The van der Waals surface area contributed by atoms with Crippen LogP contribution in [0.2, 0.25) is 5.02 Å². The van der Waals surface area contributed by atoms with E-state index in [9.17, 15) is 4.79 Å². The van der Waals surface area contributed by atoms with Gasteiger partial charge >= 0.3 is 0 Å². The van der Waals surface area contributed by atoms with Crippen LogP contribution in [0.15, 0.2) is 24.3 Å². The fraction of sp³-hybridized carbons (Fsp3) is 0.562. The largest absolute Gasteiger partial charge is 0.352 e. The number of benzene rings is 1. The van der Waals surface area contributed by atoms with E-state index in [4.69, 9.17) is 11.6 Å². The third kappa shape index (κ3) is 4.60. The second kappa shape index (κ2) is 7.48. The molecule has 2 saturated heterocycles. The van der Waals surface area contributed by atoms with Gasteiger partial charge in [0.15, 0.2) is 0 Å². The number of hydrogen-bond donors (Lipinski definition) is 2. The summed E-state index contributed by atoms with van der Waals surface area (Å²) in [7, 11) is 0. The highest BCUT2D eigenvalue weighted by molar-refractivity contribution is 6.30. The van der Waals surface area contributed by atoms with Crippen LogP contribution >= 0.6 is 24.0 Å². The fourth-order valence-electron chi connectivity index (χ4n) is 3.52. The van der Waals surface area contributed by atoms with Crippen LogP contribution in [0.1, 0.15) is 37.7 Å². The molecule has 2 N–H and O–H groups in total. The molecule has 0 aromatic heterocycles. The van der Waals surface area contributed by atoms with Gasteiger partial charge in [-0.1, -0.05) is 23.7 Å². The molecule has 2 unspecified atom stereocenters. The molecular weight excluding hydrogens is 307 g/mol. The number of fused-ring (bicyclic) bond motifs is 2. The second-order valence-corrected chi connectivity index (χ2v) is 6.52. The highest BCUT2D eigenvalue weighted by Gasteiger charge is 2.34. The summed E-state index contributed by atoms with van der Waals surface area (Å²) in [6.45, 7) is 0.567. The molecule has 2 heterocycles. The predicted octanol–water partition coefficient (Wildman–Crippen LogP) is 3.30. The van der Waals surface area contributed by atoms with Crippen LogP contribution in [-0.4, -0.2) is 18.0 Å². The monoisotopic (exact) mass is 328 g/mol. The molecule has 0 radical (unpaired) electrons. The maximum absolute atomic E-state index is 12.0. The van der Waals surface area contributed by atoms with Gasteiger partial charge in [-0.05, 0) is 49.3 Å². The van der Waals surface area contributed by atoms with Crippen LogP contribution in [0.25, 0.3) is 0 Å². The van der Waals surface area contributed by atoms with E-state index in [0.717, 1.165) is 18.4 Å². The average molecular weight is 329 g/mol. The van der Waals surface area contributed by atoms with Crippen LogP contribution in [0.4, 0.5) is 0 Å². The molecule has 2 aliphatic rings. The Morgan fingerprint density at radius 2 is 2.00 bits per heavy atom. The van der Waals surface area contributed by atoms with Gasteiger partial charge in [0.25, 0.3) is 0 Å². The molecule has 0 saturated carbocycles. The Hall–Kier alpha value is -0.770. The zero-order valence-corrected chi connectivity index (χ0v) is 13.6. The van der Waals surface area contributed by atoms with E-state index in [1.807, 2.05) is 24.3 Å². The van der Waals surface area contributed by atoms with Crippen molar-refractivity contribution in [2.24, 2.45) is 5.92 Å². The molecule has 2 atom stereocenters. The molecule has 21 heavy (non-hydrogen) atoms. The van der Waals surface area contributed by atoms with Gasteiger partial charge in [-0.2, -0.15) is 0 Å². The van der Waals surface area contributed by atoms with Crippen molar-refractivity contribution in [3.05, 3.63) is 34.9 Å². The van der Waals surface area contributed by atoms with Crippen molar-refractivity contribution in [1.82, 2.24) is 10.6 Å². The number of hydrogen-bond acceptors (Lipinski definition) is 2. The van der Waals surface area contributed by atoms with Gasteiger partial charge in [0.2, 0.25) is 5.91 Å². The molecule has 2 fully saturated rings. The summed E-state index contributed by atoms with van der Waals surface area (Å²) < 4.78 is 0. The van der Waals surface area contributed by atoms with Crippen LogP contribution < -0.4 is 10.6 Å². The van der Waals surface area contributed by atoms with Crippen LogP contribution in [0.3, 0.4) is 0 Å². The van der Waals surface area contributed by atoms with Crippen LogP contribution in [0, 0.1) is 5.92 Å². The van der Waals surface area contributed by atoms with Crippen molar-refractivity contribution in [2.45, 2.75) is 50.7 Å². The first-order chi connectivity index (χ1) is 9.69. The van der Waals surface area contributed by atoms with E-state index in [1.165, 1.54) is 12.8 Å². The minimum absolute atomic E-state index is 0. The molecular formula is C16H22Cl2N2O. The van der Waals surface area contributed by atoms with Crippen molar-refractivity contribution in [1.29, 1.82) is 0 Å². The van der Waals surface area contributed by atoms with Crippen molar-refractivity contribution < 1.29 is 4.79 Å². The fourth-order valence-corrected chi connectivity index (χ4v) is 3.74. The maximum Gasteiger partial charge on any atom is 0.220 e. The molecule has 0 spiro atoms. The number of carbonyl (C=O) groups excluding carboxylic acids is 1. The summed E-state index contributed by atoms with van der Waals surface area (Å²) >= 11 is 5.94. The minimum Gasteiger partial charge on any atom is -0.352 e. The molecule has 3 rings (SSSR count). The lowest BCUT2D eigenvalue weighted by Crippen LogP contribution is -2.39. The Kier molecular flexibility index (Phi) is 5.91. The number of carbonyl (C=O) groups is 1. The third-order valence-electron chi connectivity index (χ3n) is 4.42. The Morgan fingerprint density at radius 3 is 2.67 bits per heavy atom. The Balaban J connectivity index is 0.00000161. The SMILES string of the molecule is Cl.O=C(CC1CC2CCC(C1)N2)NCc1cccc(Cl)c1. The standard InChI is InChI=1S/C16H21ClN2O.ClH/c17-13-3-1-2-11(6-13)10-18-16(20)9-12-7-14-4-5-15(8-12)19-14;/h1-3,6,12,14-15,19H,4-5,7-10H2,(H,18,20);1H. The summed E-state index contributed by atoms with van der Waals surface area (Å²) in [5.74, 6) is 0.712. The van der Waals surface area contributed by atoms with Crippen molar-refractivity contribution in [2.75, 3.05) is 0 Å². The van der Waals surface area contributed by atoms with E-state index in [1.54, 1.807) is 0 Å². The summed E-state index contributed by atoms with van der Waals surface area (Å²) in [5.41, 5.74) is 1.05. The van der Waals surface area contributed by atoms with Gasteiger partial charge in [-0.15, -0.1) is 12.4 Å². The van der Waals surface area contributed by atoms with Crippen molar-refractivity contribution in [3.8, 4) is 0 Å². The van der Waals surface area contributed by atoms with Gasteiger partial charge in [0.1, 0.15) is 0 Å². The van der Waals surface area contributed by atoms with Gasteiger partial charge in [0.05, 0.1) is 0 Å². The summed E-state index contributed by atoms with van der Waals surface area (Å²) in [6, 6.07) is 8.94. The summed E-state index contributed by atoms with van der Waals surface area (Å²) in [5, 5.41) is 7.33. The Labute approximate surface area is 137 Å². The number of halogens is 2. The highest BCUT2D eigenvalue weighted by atomic mass is 35.5. The first-order valence-electron chi connectivity index (χ1n) is 7.46. The average Bonchev–Trinajstić information content (AvgIpc) is 2.76. The van der Waals surface area contributed by atoms with Gasteiger partial charge in [-0.3, -0.25) is 4.79 Å². The van der Waals surface area contributed by atoms with Crippen molar-refractivity contribution >= 4 is 29.9 Å². The molecule has 116 valence electrons. The van der Waals surface area contributed by atoms with Crippen LogP contribution in [-0.2, 0) is 11.3 Å². The molecule has 1 aromatic carbocycles. The van der Waals surface area contributed by atoms with E-state index in [2.05, 4.69) is 10.6 Å². The van der Waals surface area contributed by atoms with E-state index in [0.29, 0.717) is 36.0 Å². The van der Waals surface area contributed by atoms with E-state index >= 15 is 0 Å². The zero-order valence-electron chi connectivity index (χ0n) is 12.0. The number of rotatable bonds is 4. The smallest absolute Gasteiger partial charge is 0.220 e. The van der Waals surface area contributed by atoms with E-state index < -0.39 is 0 Å². The molecule has 1 aromatic rings. The molecule has 2 aliphatic heterocycles. The predicted molar refractivity (Wildman–Crippen MR) is 87.8 cm³/mol. The van der Waals surface area contributed by atoms with Crippen LogP contribution in [0.5, 0.6) is 0 Å². The lowest BCUT2D eigenvalue weighted by molar-refractivity contribution is -0.122. The number of amides is 1. The van der Waals surface area contributed by atoms with Gasteiger partial charge < -0.3 is 10.6 Å². The first-order valence-corrected chi connectivity index (χ1v) is 7.84. The van der Waals surface area contributed by atoms with Gasteiger partial charge in [-0.25, -0.2) is 0 Å². The summed E-state index contributed by atoms with van der Waals surface area (Å²) in [4.78, 5) is 12.0. The topological polar surface area (TPSA) is 41.1 Å². The molecule has 0 aliphatic carbocycles. The molecule has 5 heteroatoms. The number of piperidine rings is 1. The normalized spacial score (nSPS) is 27.0. The molecule has 1 amide bonds. The van der Waals surface area contributed by atoms with Crippen molar-refractivity contribution in [3.63, 3.8) is 0 Å². The third-order valence-corrected chi connectivity index (χ3v) is 4.66. The minimum atomic E-state index is 0. The van der Waals surface area contributed by atoms with Gasteiger partial charge in [0, 0.05) is 30.1 Å². The van der Waals surface area contributed by atoms with E-state index in [-0.39, 0.29) is 18.3 Å². The number of nitrogens with one attached hydrogen (secondary N) is 2. The molecule has 2 bridgehead atoms. The second-order valence-electron chi connectivity index (χ2n) is 6.09. The Morgan fingerprint density at radius 1 is 1.29 bits per heavy atom. The Bertz CT molecular complexity index is 483. The highest BCUT2D eigenvalue weighted by Crippen LogP contribution is 2.32. The quantitative estimate of drug-likeness (QED) is 0.890.